The zero-order chi connectivity index (χ0) is 15.6. The van der Waals surface area contributed by atoms with E-state index >= 15 is 0 Å². The Balaban J connectivity index is 1.51. The lowest BCUT2D eigenvalue weighted by atomic mass is 10.2. The molecule has 1 amide bonds. The van der Waals surface area contributed by atoms with Gasteiger partial charge >= 0.3 is 0 Å². The van der Waals surface area contributed by atoms with Gasteiger partial charge in [0.05, 0.1) is 0 Å². The molecule has 0 fully saturated rings. The minimum Gasteiger partial charge on any atom is -0.310 e. The Morgan fingerprint density at radius 1 is 1.17 bits per heavy atom. The number of para-hydroxylation sites is 1. The first-order valence-electron chi connectivity index (χ1n) is 7.38. The standard InChI is InChI=1S/C16H14N6O/c23-15(21-9-7-12-4-1-2-6-14(12)21)11-22-19-16(18-20-22)13-5-3-8-17-10-13/h1-6,8,10H,7,9,11H2. The highest BCUT2D eigenvalue weighted by Crippen LogP contribution is 2.27. The summed E-state index contributed by atoms with van der Waals surface area (Å²) in [6.45, 7) is 0.768. The number of pyridine rings is 1. The zero-order valence-electron chi connectivity index (χ0n) is 12.3. The highest BCUT2D eigenvalue weighted by molar-refractivity contribution is 5.95. The molecule has 1 aliphatic heterocycles. The van der Waals surface area contributed by atoms with Crippen LogP contribution in [0.15, 0.2) is 48.8 Å². The second kappa shape index (κ2) is 5.60. The Morgan fingerprint density at radius 2 is 2.09 bits per heavy atom. The van der Waals surface area contributed by atoms with Gasteiger partial charge in [0.15, 0.2) is 0 Å². The highest BCUT2D eigenvalue weighted by Gasteiger charge is 2.24. The Morgan fingerprint density at radius 3 is 2.96 bits per heavy atom. The van der Waals surface area contributed by atoms with Crippen LogP contribution in [-0.2, 0) is 17.8 Å². The number of tetrazole rings is 1. The maximum Gasteiger partial charge on any atom is 0.250 e. The molecule has 0 unspecified atom stereocenters. The maximum atomic E-state index is 12.5. The number of fused-ring (bicyclic) bond motifs is 1. The van der Waals surface area contributed by atoms with Crippen LogP contribution >= 0.6 is 0 Å². The fourth-order valence-electron chi connectivity index (χ4n) is 2.72. The summed E-state index contributed by atoms with van der Waals surface area (Å²) in [7, 11) is 0. The van der Waals surface area contributed by atoms with Gasteiger partial charge in [-0.3, -0.25) is 9.78 Å². The third-order valence-corrected chi connectivity index (χ3v) is 3.84. The number of amides is 1. The number of benzene rings is 1. The Hall–Kier alpha value is -3.09. The van der Waals surface area contributed by atoms with Gasteiger partial charge in [-0.05, 0) is 35.4 Å². The van der Waals surface area contributed by atoms with Crippen LogP contribution in [0.3, 0.4) is 0 Å². The van der Waals surface area contributed by atoms with E-state index < -0.39 is 0 Å². The second-order valence-corrected chi connectivity index (χ2v) is 5.31. The first-order valence-corrected chi connectivity index (χ1v) is 7.38. The summed E-state index contributed by atoms with van der Waals surface area (Å²) in [4.78, 5) is 19.6. The Labute approximate surface area is 132 Å². The molecule has 0 bridgehead atoms. The third kappa shape index (κ3) is 2.57. The number of aromatic nitrogens is 5. The molecule has 0 saturated heterocycles. The molecule has 4 rings (SSSR count). The van der Waals surface area contributed by atoms with Crippen LogP contribution in [0.25, 0.3) is 11.4 Å². The van der Waals surface area contributed by atoms with Gasteiger partial charge < -0.3 is 4.90 Å². The van der Waals surface area contributed by atoms with Crippen LogP contribution < -0.4 is 4.90 Å². The quantitative estimate of drug-likeness (QED) is 0.729. The summed E-state index contributed by atoms with van der Waals surface area (Å²) in [5.74, 6) is 0.429. The largest absolute Gasteiger partial charge is 0.310 e. The lowest BCUT2D eigenvalue weighted by Crippen LogP contribution is -2.32. The molecule has 23 heavy (non-hydrogen) atoms. The molecule has 1 aromatic carbocycles. The van der Waals surface area contributed by atoms with Gasteiger partial charge in [-0.1, -0.05) is 18.2 Å². The first kappa shape index (κ1) is 13.6. The number of carbonyl (C=O) groups is 1. The first-order chi connectivity index (χ1) is 11.3. The third-order valence-electron chi connectivity index (χ3n) is 3.84. The zero-order valence-corrected chi connectivity index (χ0v) is 12.3. The van der Waals surface area contributed by atoms with E-state index in [0.29, 0.717) is 12.4 Å². The van der Waals surface area contributed by atoms with Crippen LogP contribution in [0.2, 0.25) is 0 Å². The Kier molecular flexibility index (Phi) is 3.30. The predicted molar refractivity (Wildman–Crippen MR) is 83.5 cm³/mol. The molecule has 0 atom stereocenters. The van der Waals surface area contributed by atoms with Crippen LogP contribution in [0, 0.1) is 0 Å². The van der Waals surface area contributed by atoms with E-state index in [1.165, 1.54) is 10.4 Å². The van der Waals surface area contributed by atoms with Gasteiger partial charge in [0, 0.05) is 30.2 Å². The highest BCUT2D eigenvalue weighted by atomic mass is 16.2. The summed E-state index contributed by atoms with van der Waals surface area (Å²) >= 11 is 0. The van der Waals surface area contributed by atoms with E-state index in [0.717, 1.165) is 17.7 Å². The lowest BCUT2D eigenvalue weighted by molar-refractivity contribution is -0.119. The molecule has 0 radical (unpaired) electrons. The molecular weight excluding hydrogens is 292 g/mol. The minimum absolute atomic E-state index is 0.0370. The van der Waals surface area contributed by atoms with Crippen molar-refractivity contribution < 1.29 is 4.79 Å². The Bertz CT molecular complexity index is 845. The van der Waals surface area contributed by atoms with Crippen molar-refractivity contribution >= 4 is 11.6 Å². The smallest absolute Gasteiger partial charge is 0.250 e. The molecule has 0 spiro atoms. The van der Waals surface area contributed by atoms with Crippen molar-refractivity contribution in [3.8, 4) is 11.4 Å². The number of rotatable bonds is 3. The molecular formula is C16H14N6O. The van der Waals surface area contributed by atoms with Crippen LogP contribution in [0.1, 0.15) is 5.56 Å². The molecule has 0 N–H and O–H groups in total. The SMILES string of the molecule is O=C(Cn1nnc(-c2cccnc2)n1)N1CCc2ccccc21. The summed E-state index contributed by atoms with van der Waals surface area (Å²) in [5.41, 5.74) is 2.95. The van der Waals surface area contributed by atoms with Gasteiger partial charge in [0.2, 0.25) is 5.82 Å². The molecule has 3 aromatic rings. The molecule has 0 aliphatic carbocycles. The number of carbonyl (C=O) groups excluding carboxylic acids is 1. The second-order valence-electron chi connectivity index (χ2n) is 5.31. The normalized spacial score (nSPS) is 13.1. The van der Waals surface area contributed by atoms with Gasteiger partial charge in [-0.25, -0.2) is 0 Å². The van der Waals surface area contributed by atoms with Crippen molar-refractivity contribution in [1.82, 2.24) is 25.2 Å². The van der Waals surface area contributed by atoms with E-state index in [-0.39, 0.29) is 12.5 Å². The predicted octanol–water partition coefficient (Wildman–Crippen LogP) is 1.32. The van der Waals surface area contributed by atoms with Crippen LogP contribution in [-0.4, -0.2) is 37.6 Å². The number of nitrogens with zero attached hydrogens (tertiary/aromatic N) is 6. The van der Waals surface area contributed by atoms with Crippen LogP contribution in [0.4, 0.5) is 5.69 Å². The van der Waals surface area contributed by atoms with Crippen molar-refractivity contribution in [3.63, 3.8) is 0 Å². The summed E-state index contributed by atoms with van der Waals surface area (Å²) in [5, 5.41) is 12.2. The molecule has 2 aromatic heterocycles. The van der Waals surface area contributed by atoms with E-state index in [4.69, 9.17) is 0 Å². The monoisotopic (exact) mass is 306 g/mol. The lowest BCUT2D eigenvalue weighted by Gasteiger charge is -2.16. The average molecular weight is 306 g/mol. The summed E-state index contributed by atoms with van der Waals surface area (Å²) in [6, 6.07) is 11.6. The molecule has 114 valence electrons. The van der Waals surface area contributed by atoms with Crippen LogP contribution in [0.5, 0.6) is 0 Å². The number of anilines is 1. The van der Waals surface area contributed by atoms with Crippen molar-refractivity contribution in [2.45, 2.75) is 13.0 Å². The number of hydrogen-bond acceptors (Lipinski definition) is 5. The maximum absolute atomic E-state index is 12.5. The van der Waals surface area contributed by atoms with Gasteiger partial charge in [-0.15, -0.1) is 10.2 Å². The van der Waals surface area contributed by atoms with Gasteiger partial charge in [0.25, 0.3) is 5.91 Å². The fraction of sp³-hybridized carbons (Fsp3) is 0.188. The molecule has 3 heterocycles. The van der Waals surface area contributed by atoms with Crippen molar-refractivity contribution in [1.29, 1.82) is 0 Å². The van der Waals surface area contributed by atoms with Crippen molar-refractivity contribution in [3.05, 3.63) is 54.4 Å². The molecule has 1 aliphatic rings. The van der Waals surface area contributed by atoms with E-state index in [1.54, 1.807) is 17.3 Å². The molecule has 0 saturated carbocycles. The summed E-state index contributed by atoms with van der Waals surface area (Å²) in [6.07, 6.45) is 4.23. The topological polar surface area (TPSA) is 76.8 Å². The van der Waals surface area contributed by atoms with Crippen molar-refractivity contribution in [2.75, 3.05) is 11.4 Å². The van der Waals surface area contributed by atoms with E-state index in [9.17, 15) is 4.79 Å². The average Bonchev–Trinajstić information content (AvgIpc) is 3.22. The fourth-order valence-corrected chi connectivity index (χ4v) is 2.72. The van der Waals surface area contributed by atoms with E-state index in [2.05, 4.69) is 26.5 Å². The van der Waals surface area contributed by atoms with Crippen molar-refractivity contribution in [2.24, 2.45) is 0 Å². The number of hydrogen-bond donors (Lipinski definition) is 0. The molecule has 7 nitrogen and oxygen atoms in total. The molecule has 7 heteroatoms. The van der Waals surface area contributed by atoms with Gasteiger partial charge in [-0.2, -0.15) is 4.80 Å². The summed E-state index contributed by atoms with van der Waals surface area (Å²) < 4.78 is 0. The minimum atomic E-state index is -0.0370. The van der Waals surface area contributed by atoms with Gasteiger partial charge in [0.1, 0.15) is 6.54 Å². The van der Waals surface area contributed by atoms with E-state index in [1.807, 2.05) is 30.3 Å².